The maximum Gasteiger partial charge on any atom is 0.286 e. The highest BCUT2D eigenvalue weighted by Gasteiger charge is 2.33. The van der Waals surface area contributed by atoms with Crippen LogP contribution < -0.4 is 5.32 Å². The summed E-state index contributed by atoms with van der Waals surface area (Å²) in [5, 5.41) is 12.4. The van der Waals surface area contributed by atoms with Crippen LogP contribution >= 0.6 is 22.9 Å². The summed E-state index contributed by atoms with van der Waals surface area (Å²) in [6.07, 6.45) is 2.17. The van der Waals surface area contributed by atoms with Crippen molar-refractivity contribution in [3.63, 3.8) is 0 Å². The third kappa shape index (κ3) is 4.85. The highest BCUT2D eigenvalue weighted by molar-refractivity contribution is 7.89. The zero-order valence-electron chi connectivity index (χ0n) is 17.5. The highest BCUT2D eigenvalue weighted by Crippen LogP contribution is 2.33. The Morgan fingerprint density at radius 1 is 1.22 bits per heavy atom. The predicted molar refractivity (Wildman–Crippen MR) is 126 cm³/mol. The molecule has 1 atom stereocenters. The van der Waals surface area contributed by atoms with Gasteiger partial charge in [-0.15, -0.1) is 10.2 Å². The number of aryl methyl sites for hydroxylation is 1. The van der Waals surface area contributed by atoms with E-state index >= 15 is 0 Å². The van der Waals surface area contributed by atoms with E-state index in [1.54, 1.807) is 36.4 Å². The van der Waals surface area contributed by atoms with E-state index in [9.17, 15) is 13.2 Å². The first-order valence-corrected chi connectivity index (χ1v) is 13.0. The zero-order chi connectivity index (χ0) is 22.7. The van der Waals surface area contributed by atoms with Crippen LogP contribution in [0.4, 0.5) is 5.69 Å². The summed E-state index contributed by atoms with van der Waals surface area (Å²) in [4.78, 5) is 12.9. The van der Waals surface area contributed by atoms with Crippen LogP contribution in [-0.2, 0) is 16.4 Å². The van der Waals surface area contributed by atoms with Crippen molar-refractivity contribution >= 4 is 44.6 Å². The Kier molecular flexibility index (Phi) is 6.90. The lowest BCUT2D eigenvalue weighted by Gasteiger charge is -2.31. The summed E-state index contributed by atoms with van der Waals surface area (Å²) in [6, 6.07) is 14.0. The molecule has 1 saturated heterocycles. The molecule has 1 aromatic heterocycles. The van der Waals surface area contributed by atoms with Crippen molar-refractivity contribution in [2.75, 3.05) is 18.4 Å². The Bertz CT molecular complexity index is 1230. The molecule has 1 amide bonds. The first-order valence-electron chi connectivity index (χ1n) is 10.4. The third-order valence-electron chi connectivity index (χ3n) is 5.42. The van der Waals surface area contributed by atoms with Crippen molar-refractivity contribution in [1.82, 2.24) is 14.5 Å². The van der Waals surface area contributed by atoms with Gasteiger partial charge in [0.2, 0.25) is 15.0 Å². The largest absolute Gasteiger partial charge is 0.320 e. The van der Waals surface area contributed by atoms with E-state index in [0.717, 1.165) is 18.4 Å². The van der Waals surface area contributed by atoms with E-state index in [0.29, 0.717) is 40.1 Å². The van der Waals surface area contributed by atoms with Crippen LogP contribution in [-0.4, -0.2) is 41.9 Å². The molecule has 0 bridgehead atoms. The molecule has 3 aromatic rings. The molecule has 32 heavy (non-hydrogen) atoms. The van der Waals surface area contributed by atoms with E-state index in [1.807, 2.05) is 19.1 Å². The number of benzene rings is 2. The molecule has 0 radical (unpaired) electrons. The summed E-state index contributed by atoms with van der Waals surface area (Å²) in [7, 11) is -3.60. The van der Waals surface area contributed by atoms with Crippen molar-refractivity contribution < 1.29 is 13.2 Å². The van der Waals surface area contributed by atoms with Gasteiger partial charge in [-0.1, -0.05) is 54.1 Å². The fraction of sp³-hybridized carbons (Fsp3) is 0.318. The van der Waals surface area contributed by atoms with Crippen LogP contribution in [0, 0.1) is 0 Å². The summed E-state index contributed by atoms with van der Waals surface area (Å²) < 4.78 is 28.1. The average Bonchev–Trinajstić information content (AvgIpc) is 3.30. The van der Waals surface area contributed by atoms with Gasteiger partial charge in [0, 0.05) is 29.7 Å². The molecule has 10 heteroatoms. The molecule has 2 aromatic carbocycles. The molecular weight excluding hydrogens is 468 g/mol. The molecule has 1 aliphatic heterocycles. The molecule has 7 nitrogen and oxygen atoms in total. The summed E-state index contributed by atoms with van der Waals surface area (Å²) in [5.41, 5.74) is 1.38. The molecule has 1 fully saturated rings. The molecule has 0 aliphatic carbocycles. The van der Waals surface area contributed by atoms with Crippen LogP contribution in [0.3, 0.4) is 0 Å². The zero-order valence-corrected chi connectivity index (χ0v) is 19.9. The number of carbonyl (C=O) groups is 1. The number of aromatic nitrogens is 2. The molecule has 4 rings (SSSR count). The highest BCUT2D eigenvalue weighted by atomic mass is 35.5. The maximum absolute atomic E-state index is 13.3. The Hall–Kier alpha value is -2.33. The van der Waals surface area contributed by atoms with Crippen molar-refractivity contribution in [3.8, 4) is 0 Å². The van der Waals surface area contributed by atoms with Gasteiger partial charge in [-0.05, 0) is 49.1 Å². The molecule has 0 spiro atoms. The molecular formula is C22H23ClN4O3S2. The lowest BCUT2D eigenvalue weighted by atomic mass is 10.0. The number of hydrogen-bond donors (Lipinski definition) is 1. The number of halogens is 1. The quantitative estimate of drug-likeness (QED) is 0.546. The molecule has 1 aliphatic rings. The van der Waals surface area contributed by atoms with Crippen LogP contribution in [0.25, 0.3) is 0 Å². The molecule has 168 valence electrons. The summed E-state index contributed by atoms with van der Waals surface area (Å²) in [6.45, 7) is 2.74. The SMILES string of the molecule is CCc1ccccc1S(=O)(=O)N1CCC[C@@H](c2nnc(C(=O)Nc3cccc(Cl)c3)s2)C1. The lowest BCUT2D eigenvalue weighted by Crippen LogP contribution is -2.39. The van der Waals surface area contributed by atoms with Crippen LogP contribution in [0.15, 0.2) is 53.4 Å². The topological polar surface area (TPSA) is 92.3 Å². The average molecular weight is 491 g/mol. The first kappa shape index (κ1) is 22.8. The van der Waals surface area contributed by atoms with E-state index in [-0.39, 0.29) is 16.8 Å². The van der Waals surface area contributed by atoms with Crippen molar-refractivity contribution in [1.29, 1.82) is 0 Å². The van der Waals surface area contributed by atoms with E-state index < -0.39 is 10.0 Å². The minimum atomic E-state index is -3.60. The Morgan fingerprint density at radius 3 is 2.81 bits per heavy atom. The molecule has 0 unspecified atom stereocenters. The first-order chi connectivity index (χ1) is 15.4. The fourth-order valence-corrected chi connectivity index (χ4v) is 6.66. The van der Waals surface area contributed by atoms with Gasteiger partial charge in [-0.3, -0.25) is 4.79 Å². The van der Waals surface area contributed by atoms with Gasteiger partial charge < -0.3 is 5.32 Å². The van der Waals surface area contributed by atoms with E-state index in [4.69, 9.17) is 11.6 Å². The van der Waals surface area contributed by atoms with E-state index in [2.05, 4.69) is 15.5 Å². The molecule has 2 heterocycles. The molecule has 0 saturated carbocycles. The second-order valence-electron chi connectivity index (χ2n) is 7.57. The Balaban J connectivity index is 1.49. The van der Waals surface area contributed by atoms with Gasteiger partial charge in [0.15, 0.2) is 0 Å². The van der Waals surface area contributed by atoms with Gasteiger partial charge in [-0.25, -0.2) is 8.42 Å². The Morgan fingerprint density at radius 2 is 2.03 bits per heavy atom. The lowest BCUT2D eigenvalue weighted by molar-refractivity contribution is 0.102. The monoisotopic (exact) mass is 490 g/mol. The number of nitrogens with one attached hydrogen (secondary N) is 1. The fourth-order valence-electron chi connectivity index (χ4n) is 3.79. The predicted octanol–water partition coefficient (Wildman–Crippen LogP) is 4.57. The number of amides is 1. The van der Waals surface area contributed by atoms with Crippen molar-refractivity contribution in [3.05, 3.63) is 69.1 Å². The van der Waals surface area contributed by atoms with Gasteiger partial charge >= 0.3 is 0 Å². The molecule has 1 N–H and O–H groups in total. The number of sulfonamides is 1. The standard InChI is InChI=1S/C22H23ClN4O3S2/c1-2-15-7-3-4-11-19(15)32(29,30)27-12-6-8-16(14-27)21-25-26-22(31-21)20(28)24-18-10-5-9-17(23)13-18/h3-5,7,9-11,13,16H,2,6,8,12,14H2,1H3,(H,24,28)/t16-/m1/s1. The summed E-state index contributed by atoms with van der Waals surface area (Å²) >= 11 is 7.16. The van der Waals surface area contributed by atoms with Crippen molar-refractivity contribution in [2.45, 2.75) is 37.0 Å². The Labute approximate surface area is 196 Å². The normalized spacial score (nSPS) is 17.2. The van der Waals surface area contributed by atoms with E-state index in [1.165, 1.54) is 15.6 Å². The second-order valence-corrected chi connectivity index (χ2v) is 10.9. The van der Waals surface area contributed by atoms with Crippen LogP contribution in [0.5, 0.6) is 0 Å². The second kappa shape index (κ2) is 9.66. The van der Waals surface area contributed by atoms with Gasteiger partial charge in [0.25, 0.3) is 5.91 Å². The number of piperidine rings is 1. The van der Waals surface area contributed by atoms with Gasteiger partial charge in [0.05, 0.1) is 4.90 Å². The minimum absolute atomic E-state index is 0.0995. The third-order valence-corrected chi connectivity index (χ3v) is 8.71. The summed E-state index contributed by atoms with van der Waals surface area (Å²) in [5.74, 6) is -0.467. The number of nitrogens with zero attached hydrogens (tertiary/aromatic N) is 3. The number of carbonyl (C=O) groups excluding carboxylic acids is 1. The number of hydrogen-bond acceptors (Lipinski definition) is 6. The number of rotatable bonds is 6. The smallest absolute Gasteiger partial charge is 0.286 e. The van der Waals surface area contributed by atoms with Crippen molar-refractivity contribution in [2.24, 2.45) is 0 Å². The van der Waals surface area contributed by atoms with Gasteiger partial charge in [-0.2, -0.15) is 4.31 Å². The van der Waals surface area contributed by atoms with Crippen LogP contribution in [0.2, 0.25) is 5.02 Å². The number of anilines is 1. The van der Waals surface area contributed by atoms with Gasteiger partial charge in [0.1, 0.15) is 5.01 Å². The van der Waals surface area contributed by atoms with Crippen LogP contribution in [0.1, 0.15) is 46.1 Å². The minimum Gasteiger partial charge on any atom is -0.320 e. The maximum atomic E-state index is 13.3.